The molecule has 1 saturated heterocycles. The highest BCUT2D eigenvalue weighted by atomic mass is 16.3. The zero-order valence-electron chi connectivity index (χ0n) is 19.1. The maximum absolute atomic E-state index is 12.8. The largest absolute Gasteiger partial charge is 0.396 e. The van der Waals surface area contributed by atoms with Crippen LogP contribution in [0.1, 0.15) is 57.5 Å². The van der Waals surface area contributed by atoms with Crippen LogP contribution in [0.25, 0.3) is 0 Å². The molecule has 174 valence electrons. The Kier molecular flexibility index (Phi) is 6.21. The van der Waals surface area contributed by atoms with Crippen LogP contribution in [0.4, 0.5) is 0 Å². The van der Waals surface area contributed by atoms with Crippen LogP contribution in [-0.4, -0.2) is 54.1 Å². The van der Waals surface area contributed by atoms with Gasteiger partial charge in [0.1, 0.15) is 0 Å². The van der Waals surface area contributed by atoms with Crippen LogP contribution in [0.15, 0.2) is 48.5 Å². The van der Waals surface area contributed by atoms with E-state index in [1.807, 2.05) is 4.90 Å². The van der Waals surface area contributed by atoms with Gasteiger partial charge >= 0.3 is 0 Å². The summed E-state index contributed by atoms with van der Waals surface area (Å²) in [7, 11) is 0. The average molecular weight is 448 g/mol. The van der Waals surface area contributed by atoms with Gasteiger partial charge in [0, 0.05) is 55.4 Å². The number of nitrogens with one attached hydrogen (secondary N) is 2. The lowest BCUT2D eigenvalue weighted by atomic mass is 9.86. The van der Waals surface area contributed by atoms with E-state index < -0.39 is 0 Å². The quantitative estimate of drug-likeness (QED) is 0.636. The van der Waals surface area contributed by atoms with Gasteiger partial charge in [-0.2, -0.15) is 0 Å². The molecule has 0 spiro atoms. The zero-order valence-corrected chi connectivity index (χ0v) is 19.1. The molecule has 33 heavy (non-hydrogen) atoms. The number of carbonyl (C=O) groups excluding carboxylic acids is 2. The van der Waals surface area contributed by atoms with Crippen molar-refractivity contribution in [2.75, 3.05) is 26.2 Å². The van der Waals surface area contributed by atoms with Gasteiger partial charge in [0.05, 0.1) is 0 Å². The Morgan fingerprint density at radius 3 is 2.33 bits per heavy atom. The number of aliphatic hydroxyl groups is 1. The summed E-state index contributed by atoms with van der Waals surface area (Å²) < 4.78 is 0. The van der Waals surface area contributed by atoms with Crippen LogP contribution in [0.5, 0.6) is 0 Å². The number of hydrogen-bond donors (Lipinski definition) is 3. The van der Waals surface area contributed by atoms with Crippen LogP contribution in [-0.2, 0) is 13.0 Å². The van der Waals surface area contributed by atoms with Crippen LogP contribution in [0.2, 0.25) is 0 Å². The molecule has 3 N–H and O–H groups in total. The molecule has 2 aliphatic heterocycles. The molecule has 5 rings (SSSR count). The molecule has 0 bridgehead atoms. The molecule has 2 heterocycles. The Labute approximate surface area is 195 Å². The van der Waals surface area contributed by atoms with Gasteiger partial charge in [-0.1, -0.05) is 24.3 Å². The minimum absolute atomic E-state index is 0.000986. The van der Waals surface area contributed by atoms with Gasteiger partial charge in [0.2, 0.25) is 0 Å². The van der Waals surface area contributed by atoms with E-state index in [0.717, 1.165) is 38.6 Å². The normalized spacial score (nSPS) is 21.8. The third kappa shape index (κ3) is 4.68. The first-order valence-electron chi connectivity index (χ1n) is 12.2. The summed E-state index contributed by atoms with van der Waals surface area (Å²) in [6, 6.07) is 16.0. The Morgan fingerprint density at radius 1 is 1.00 bits per heavy atom. The molecule has 1 atom stereocenters. The molecule has 0 unspecified atom stereocenters. The second-order valence-electron chi connectivity index (χ2n) is 9.95. The molecular formula is C27H33N3O3. The first kappa shape index (κ1) is 22.1. The van der Waals surface area contributed by atoms with Crippen LogP contribution in [0, 0.1) is 11.3 Å². The van der Waals surface area contributed by atoms with Crippen LogP contribution in [0.3, 0.4) is 0 Å². The van der Waals surface area contributed by atoms with Gasteiger partial charge in [-0.15, -0.1) is 0 Å². The number of hydrogen-bond acceptors (Lipinski definition) is 4. The van der Waals surface area contributed by atoms with Gasteiger partial charge in [-0.3, -0.25) is 9.59 Å². The van der Waals surface area contributed by atoms with Gasteiger partial charge < -0.3 is 20.6 Å². The predicted octanol–water partition coefficient (Wildman–Crippen LogP) is 2.76. The van der Waals surface area contributed by atoms with E-state index in [1.54, 1.807) is 24.3 Å². The number of piperidine rings is 1. The molecule has 2 aromatic rings. The van der Waals surface area contributed by atoms with Crippen molar-refractivity contribution in [3.05, 3.63) is 70.8 Å². The van der Waals surface area contributed by atoms with E-state index in [1.165, 1.54) is 11.1 Å². The number of likely N-dealkylation sites (tertiary alicyclic amines) is 1. The van der Waals surface area contributed by atoms with Crippen LogP contribution < -0.4 is 10.6 Å². The first-order chi connectivity index (χ1) is 16.1. The van der Waals surface area contributed by atoms with E-state index in [9.17, 15) is 14.7 Å². The molecule has 1 saturated carbocycles. The van der Waals surface area contributed by atoms with Crippen molar-refractivity contribution in [3.63, 3.8) is 0 Å². The fraction of sp³-hybridized carbons (Fsp3) is 0.481. The number of carbonyl (C=O) groups is 2. The summed E-state index contributed by atoms with van der Waals surface area (Å²) >= 11 is 0. The topological polar surface area (TPSA) is 81.7 Å². The number of nitrogens with zero attached hydrogens (tertiary/aromatic N) is 1. The van der Waals surface area contributed by atoms with E-state index >= 15 is 0 Å². The Balaban J connectivity index is 1.15. The smallest absolute Gasteiger partial charge is 0.253 e. The van der Waals surface area contributed by atoms with E-state index in [2.05, 4.69) is 34.9 Å². The fourth-order valence-corrected chi connectivity index (χ4v) is 5.32. The molecular weight excluding hydrogens is 414 g/mol. The van der Waals surface area contributed by atoms with Gasteiger partial charge in [-0.25, -0.2) is 0 Å². The number of benzene rings is 2. The third-order valence-corrected chi connectivity index (χ3v) is 7.87. The summed E-state index contributed by atoms with van der Waals surface area (Å²) in [5.41, 5.74) is 4.13. The SMILES string of the molecule is O=C(NCC1([C@@H]2Cc3ccccc3CN2)CC1)c1ccc(C(=O)N2CCC(CO)CC2)cc1. The molecule has 1 aliphatic carbocycles. The van der Waals surface area contributed by atoms with Crippen molar-refractivity contribution in [1.82, 2.24) is 15.5 Å². The molecule has 2 amide bonds. The highest BCUT2D eigenvalue weighted by Gasteiger charge is 2.49. The third-order valence-electron chi connectivity index (χ3n) is 7.87. The Morgan fingerprint density at radius 2 is 1.67 bits per heavy atom. The van der Waals surface area contributed by atoms with Crippen molar-refractivity contribution >= 4 is 11.8 Å². The second kappa shape index (κ2) is 9.27. The molecule has 2 aromatic carbocycles. The second-order valence-corrected chi connectivity index (χ2v) is 9.95. The maximum Gasteiger partial charge on any atom is 0.253 e. The van der Waals surface area contributed by atoms with Crippen molar-refractivity contribution in [1.29, 1.82) is 0 Å². The molecule has 6 heteroatoms. The summed E-state index contributed by atoms with van der Waals surface area (Å²) in [5.74, 6) is 0.215. The number of fused-ring (bicyclic) bond motifs is 1. The van der Waals surface area contributed by atoms with Crippen molar-refractivity contribution < 1.29 is 14.7 Å². The summed E-state index contributed by atoms with van der Waals surface area (Å²) in [5, 5.41) is 16.1. The molecule has 0 aromatic heterocycles. The minimum atomic E-state index is -0.0831. The standard InChI is InChI=1S/C27H33N3O3/c31-17-19-9-13-30(14-10-19)26(33)21-7-5-20(6-8-21)25(32)29-18-27(11-12-27)24-15-22-3-1-2-4-23(22)16-28-24/h1-8,19,24,28,31H,9-18H2,(H,29,32)/t24-/m0/s1. The summed E-state index contributed by atoms with van der Waals surface area (Å²) in [6.07, 6.45) is 4.96. The average Bonchev–Trinajstić information content (AvgIpc) is 3.68. The highest BCUT2D eigenvalue weighted by Crippen LogP contribution is 2.50. The monoisotopic (exact) mass is 447 g/mol. The number of amides is 2. The summed E-state index contributed by atoms with van der Waals surface area (Å²) in [4.78, 5) is 27.4. The van der Waals surface area contributed by atoms with Crippen molar-refractivity contribution in [2.24, 2.45) is 11.3 Å². The molecule has 3 aliphatic rings. The van der Waals surface area contributed by atoms with Crippen LogP contribution >= 0.6 is 0 Å². The predicted molar refractivity (Wildman–Crippen MR) is 127 cm³/mol. The van der Waals surface area contributed by atoms with E-state index in [4.69, 9.17) is 0 Å². The van der Waals surface area contributed by atoms with Gasteiger partial charge in [0.15, 0.2) is 0 Å². The first-order valence-corrected chi connectivity index (χ1v) is 12.2. The van der Waals surface area contributed by atoms with Gasteiger partial charge in [-0.05, 0) is 73.4 Å². The molecule has 2 fully saturated rings. The Hall–Kier alpha value is -2.70. The number of aliphatic hydroxyl groups excluding tert-OH is 1. The minimum Gasteiger partial charge on any atom is -0.396 e. The lowest BCUT2D eigenvalue weighted by Crippen LogP contribution is -2.47. The van der Waals surface area contributed by atoms with Crippen molar-refractivity contribution in [3.8, 4) is 0 Å². The zero-order chi connectivity index (χ0) is 22.8. The highest BCUT2D eigenvalue weighted by molar-refractivity contribution is 5.97. The van der Waals surface area contributed by atoms with E-state index in [-0.39, 0.29) is 23.8 Å². The maximum atomic E-state index is 12.8. The summed E-state index contributed by atoms with van der Waals surface area (Å²) in [6.45, 7) is 3.11. The lowest BCUT2D eigenvalue weighted by Gasteiger charge is -2.33. The fourth-order valence-electron chi connectivity index (χ4n) is 5.32. The number of rotatable bonds is 6. The van der Waals surface area contributed by atoms with E-state index in [0.29, 0.717) is 42.7 Å². The molecule has 6 nitrogen and oxygen atoms in total. The van der Waals surface area contributed by atoms with Crippen molar-refractivity contribution in [2.45, 2.75) is 44.7 Å². The lowest BCUT2D eigenvalue weighted by molar-refractivity contribution is 0.0650. The molecule has 0 radical (unpaired) electrons. The van der Waals surface area contributed by atoms with Gasteiger partial charge in [0.25, 0.3) is 11.8 Å². The Bertz CT molecular complexity index is 1010.